The number of carbonyl (C=O) groups excluding carboxylic acids is 2. The molecule has 0 saturated heterocycles. The first-order valence-electron chi connectivity index (χ1n) is 7.58. The summed E-state index contributed by atoms with van der Waals surface area (Å²) >= 11 is 1.59. The minimum absolute atomic E-state index is 0.0224. The van der Waals surface area contributed by atoms with E-state index in [2.05, 4.69) is 10.6 Å². The number of halogens is 2. The van der Waals surface area contributed by atoms with Crippen molar-refractivity contribution in [2.45, 2.75) is 6.04 Å². The normalized spacial score (nSPS) is 12.0. The predicted octanol–water partition coefficient (Wildman–Crippen LogP) is 2.18. The second kappa shape index (κ2) is 8.68. The molecule has 0 fully saturated rings. The zero-order valence-corrected chi connectivity index (χ0v) is 14.7. The summed E-state index contributed by atoms with van der Waals surface area (Å²) < 4.78 is 26.4. The number of hydrogen-bond donors (Lipinski definition) is 2. The molecule has 0 saturated carbocycles. The molecular formula is C17H19F2N3O2S. The van der Waals surface area contributed by atoms with E-state index in [4.69, 9.17) is 0 Å². The van der Waals surface area contributed by atoms with E-state index in [0.29, 0.717) is 12.6 Å². The Morgan fingerprint density at radius 3 is 2.56 bits per heavy atom. The Labute approximate surface area is 148 Å². The molecule has 2 N–H and O–H groups in total. The first-order valence-corrected chi connectivity index (χ1v) is 8.46. The SMILES string of the molecule is CN(C)C(CNC(=O)CNC(=O)c1ccc(F)cc1F)c1cccs1. The molecule has 2 aromatic rings. The number of thiophene rings is 1. The van der Waals surface area contributed by atoms with Crippen LogP contribution in [0.4, 0.5) is 8.78 Å². The van der Waals surface area contributed by atoms with Gasteiger partial charge in [-0.2, -0.15) is 0 Å². The van der Waals surface area contributed by atoms with E-state index in [-0.39, 0.29) is 24.1 Å². The summed E-state index contributed by atoms with van der Waals surface area (Å²) in [5.41, 5.74) is -0.307. The van der Waals surface area contributed by atoms with Crippen molar-refractivity contribution in [2.75, 3.05) is 27.2 Å². The van der Waals surface area contributed by atoms with Gasteiger partial charge in [0.1, 0.15) is 11.6 Å². The fourth-order valence-corrected chi connectivity index (χ4v) is 3.14. The number of benzene rings is 1. The van der Waals surface area contributed by atoms with Gasteiger partial charge < -0.3 is 15.5 Å². The van der Waals surface area contributed by atoms with E-state index in [0.717, 1.165) is 17.0 Å². The highest BCUT2D eigenvalue weighted by Gasteiger charge is 2.17. The van der Waals surface area contributed by atoms with E-state index in [1.54, 1.807) is 11.3 Å². The standard InChI is InChI=1S/C17H19F2N3O2S/c1-22(2)14(15-4-3-7-25-15)9-20-16(23)10-21-17(24)12-6-5-11(18)8-13(12)19/h3-8,14H,9-10H2,1-2H3,(H,20,23)(H,21,24). The van der Waals surface area contributed by atoms with Crippen LogP contribution in [0.3, 0.4) is 0 Å². The molecule has 0 aliphatic rings. The first-order chi connectivity index (χ1) is 11.9. The fraction of sp³-hybridized carbons (Fsp3) is 0.294. The fourth-order valence-electron chi connectivity index (χ4n) is 2.22. The molecule has 25 heavy (non-hydrogen) atoms. The van der Waals surface area contributed by atoms with Crippen molar-refractivity contribution in [2.24, 2.45) is 0 Å². The Morgan fingerprint density at radius 2 is 1.96 bits per heavy atom. The van der Waals surface area contributed by atoms with Crippen LogP contribution in [-0.2, 0) is 4.79 Å². The van der Waals surface area contributed by atoms with Gasteiger partial charge in [-0.25, -0.2) is 8.78 Å². The largest absolute Gasteiger partial charge is 0.353 e. The number of hydrogen-bond acceptors (Lipinski definition) is 4. The van der Waals surface area contributed by atoms with Crippen molar-refractivity contribution in [3.05, 3.63) is 57.8 Å². The van der Waals surface area contributed by atoms with E-state index in [1.807, 2.05) is 36.5 Å². The molecule has 1 unspecified atom stereocenters. The van der Waals surface area contributed by atoms with Gasteiger partial charge in [0.05, 0.1) is 18.2 Å². The Balaban J connectivity index is 1.85. The highest BCUT2D eigenvalue weighted by molar-refractivity contribution is 7.10. The number of amides is 2. The van der Waals surface area contributed by atoms with Crippen molar-refractivity contribution in [3.63, 3.8) is 0 Å². The number of likely N-dealkylation sites (N-methyl/N-ethyl adjacent to an activating group) is 1. The van der Waals surface area contributed by atoms with Crippen LogP contribution in [0.2, 0.25) is 0 Å². The third-order valence-electron chi connectivity index (χ3n) is 3.57. The molecule has 0 radical (unpaired) electrons. The van der Waals surface area contributed by atoms with Crippen LogP contribution in [0.15, 0.2) is 35.7 Å². The second-order valence-corrected chi connectivity index (χ2v) is 6.59. The van der Waals surface area contributed by atoms with Crippen molar-refractivity contribution >= 4 is 23.2 Å². The van der Waals surface area contributed by atoms with E-state index >= 15 is 0 Å². The average Bonchev–Trinajstić information content (AvgIpc) is 3.06. The lowest BCUT2D eigenvalue weighted by Crippen LogP contribution is -2.40. The van der Waals surface area contributed by atoms with Crippen LogP contribution in [0.25, 0.3) is 0 Å². The zero-order chi connectivity index (χ0) is 18.4. The molecule has 1 heterocycles. The maximum Gasteiger partial charge on any atom is 0.254 e. The molecule has 2 amide bonds. The molecule has 1 aromatic heterocycles. The highest BCUT2D eigenvalue weighted by atomic mass is 32.1. The smallest absolute Gasteiger partial charge is 0.254 e. The van der Waals surface area contributed by atoms with Gasteiger partial charge in [-0.1, -0.05) is 6.07 Å². The molecule has 0 aliphatic carbocycles. The van der Waals surface area contributed by atoms with Crippen molar-refractivity contribution in [1.82, 2.24) is 15.5 Å². The van der Waals surface area contributed by atoms with Gasteiger partial charge in [0.2, 0.25) is 5.91 Å². The Hall–Kier alpha value is -2.32. The van der Waals surface area contributed by atoms with Gasteiger partial charge in [0.25, 0.3) is 5.91 Å². The summed E-state index contributed by atoms with van der Waals surface area (Å²) in [4.78, 5) is 26.9. The number of rotatable bonds is 7. The summed E-state index contributed by atoms with van der Waals surface area (Å²) in [7, 11) is 3.82. The van der Waals surface area contributed by atoms with E-state index in [9.17, 15) is 18.4 Å². The molecule has 5 nitrogen and oxygen atoms in total. The van der Waals surface area contributed by atoms with Crippen LogP contribution >= 0.6 is 11.3 Å². The monoisotopic (exact) mass is 367 g/mol. The molecule has 1 aromatic carbocycles. The van der Waals surface area contributed by atoms with Gasteiger partial charge in [0, 0.05) is 17.5 Å². The van der Waals surface area contributed by atoms with Gasteiger partial charge in [0.15, 0.2) is 0 Å². The molecular weight excluding hydrogens is 348 g/mol. The van der Waals surface area contributed by atoms with Gasteiger partial charge >= 0.3 is 0 Å². The Kier molecular flexibility index (Phi) is 6.60. The van der Waals surface area contributed by atoms with Crippen LogP contribution in [0.1, 0.15) is 21.3 Å². The van der Waals surface area contributed by atoms with Gasteiger partial charge in [-0.3, -0.25) is 9.59 Å². The summed E-state index contributed by atoms with van der Waals surface area (Å²) in [6.07, 6.45) is 0. The second-order valence-electron chi connectivity index (χ2n) is 5.61. The minimum atomic E-state index is -0.969. The average molecular weight is 367 g/mol. The van der Waals surface area contributed by atoms with E-state index < -0.39 is 17.5 Å². The van der Waals surface area contributed by atoms with Crippen LogP contribution in [0, 0.1) is 11.6 Å². The summed E-state index contributed by atoms with van der Waals surface area (Å²) in [5, 5.41) is 7.03. The molecule has 134 valence electrons. The molecule has 0 bridgehead atoms. The lowest BCUT2D eigenvalue weighted by atomic mass is 10.2. The summed E-state index contributed by atoms with van der Waals surface area (Å²) in [6, 6.07) is 6.60. The number of carbonyl (C=O) groups is 2. The predicted molar refractivity (Wildman–Crippen MR) is 92.4 cm³/mol. The van der Waals surface area contributed by atoms with Gasteiger partial charge in [-0.15, -0.1) is 11.3 Å². The molecule has 2 rings (SSSR count). The lowest BCUT2D eigenvalue weighted by Gasteiger charge is -2.23. The van der Waals surface area contributed by atoms with Crippen molar-refractivity contribution < 1.29 is 18.4 Å². The van der Waals surface area contributed by atoms with Crippen LogP contribution < -0.4 is 10.6 Å². The molecule has 0 aliphatic heterocycles. The summed E-state index contributed by atoms with van der Waals surface area (Å²) in [6.45, 7) is 0.0906. The molecule has 8 heteroatoms. The highest BCUT2D eigenvalue weighted by Crippen LogP contribution is 2.22. The van der Waals surface area contributed by atoms with Crippen LogP contribution in [0.5, 0.6) is 0 Å². The number of nitrogens with zero attached hydrogens (tertiary/aromatic N) is 1. The zero-order valence-electron chi connectivity index (χ0n) is 13.9. The van der Waals surface area contributed by atoms with E-state index in [1.165, 1.54) is 0 Å². The third kappa shape index (κ3) is 5.33. The summed E-state index contributed by atoms with van der Waals surface area (Å²) in [5.74, 6) is -2.90. The van der Waals surface area contributed by atoms with Crippen LogP contribution in [-0.4, -0.2) is 43.9 Å². The Morgan fingerprint density at radius 1 is 1.20 bits per heavy atom. The van der Waals surface area contributed by atoms with Crippen molar-refractivity contribution in [1.29, 1.82) is 0 Å². The topological polar surface area (TPSA) is 61.4 Å². The number of nitrogens with one attached hydrogen (secondary N) is 2. The molecule has 1 atom stereocenters. The quantitative estimate of drug-likeness (QED) is 0.789. The van der Waals surface area contributed by atoms with Gasteiger partial charge in [-0.05, 0) is 37.7 Å². The lowest BCUT2D eigenvalue weighted by molar-refractivity contribution is -0.120. The van der Waals surface area contributed by atoms with Crippen molar-refractivity contribution in [3.8, 4) is 0 Å². The molecule has 0 spiro atoms. The third-order valence-corrected chi connectivity index (χ3v) is 4.55. The minimum Gasteiger partial charge on any atom is -0.353 e. The maximum absolute atomic E-state index is 13.5. The Bertz CT molecular complexity index is 735. The maximum atomic E-state index is 13.5. The first kappa shape index (κ1) is 19.0.